The maximum Gasteiger partial charge on any atom is 0.468 e. The molecule has 2 atom stereocenters. The highest BCUT2D eigenvalue weighted by Crippen LogP contribution is 2.42. The summed E-state index contributed by atoms with van der Waals surface area (Å²) in [4.78, 5) is 0. The normalized spacial score (nSPS) is 23.2. The van der Waals surface area contributed by atoms with E-state index < -0.39 is 12.5 Å². The van der Waals surface area contributed by atoms with Crippen LogP contribution in [0.3, 0.4) is 0 Å². The highest BCUT2D eigenvalue weighted by Gasteiger charge is 2.49. The molecule has 0 saturated heterocycles. The van der Waals surface area contributed by atoms with Gasteiger partial charge in [-0.2, -0.15) is 13.2 Å². The summed E-state index contributed by atoms with van der Waals surface area (Å²) in [5.41, 5.74) is 1.62. The van der Waals surface area contributed by atoms with Crippen LogP contribution in [0.25, 0.3) is 0 Å². The zero-order chi connectivity index (χ0) is 17.6. The van der Waals surface area contributed by atoms with Crippen LogP contribution in [0.4, 0.5) is 13.2 Å². The van der Waals surface area contributed by atoms with E-state index in [4.69, 9.17) is 9.47 Å². The Morgan fingerprint density at radius 1 is 1.08 bits per heavy atom. The number of hydrogen-bond donors (Lipinski definition) is 0. The Bertz CT molecular complexity index is 809. The van der Waals surface area contributed by atoms with Crippen molar-refractivity contribution in [1.82, 2.24) is 0 Å². The first-order valence-corrected chi connectivity index (χ1v) is 7.84. The molecule has 0 radical (unpaired) electrons. The van der Waals surface area contributed by atoms with E-state index in [1.807, 2.05) is 25.1 Å². The second kappa shape index (κ2) is 5.75. The van der Waals surface area contributed by atoms with Crippen LogP contribution in [0.15, 0.2) is 36.4 Å². The van der Waals surface area contributed by atoms with Crippen molar-refractivity contribution >= 4 is 0 Å². The summed E-state index contributed by atoms with van der Waals surface area (Å²) in [5, 5.41) is 0. The zero-order valence-corrected chi connectivity index (χ0v) is 13.3. The molecule has 2 unspecified atom stereocenters. The number of benzene rings is 2. The third-order valence-electron chi connectivity index (χ3n) is 4.00. The highest BCUT2D eigenvalue weighted by atomic mass is 19.3. The van der Waals surface area contributed by atoms with Crippen LogP contribution in [-0.4, -0.2) is 25.2 Å². The molecule has 0 amide bonds. The van der Waals surface area contributed by atoms with Crippen LogP contribution >= 0.6 is 0 Å². The van der Waals surface area contributed by atoms with E-state index in [9.17, 15) is 13.2 Å². The van der Waals surface area contributed by atoms with Gasteiger partial charge in [0, 0.05) is 12.0 Å². The van der Waals surface area contributed by atoms with E-state index in [0.29, 0.717) is 24.5 Å². The average Bonchev–Trinajstić information content (AvgIpc) is 2.56. The Morgan fingerprint density at radius 3 is 2.76 bits per heavy atom. The fraction of sp³-hybridized carbons (Fsp3) is 0.333. The quantitative estimate of drug-likeness (QED) is 0.816. The minimum atomic E-state index is -3.99. The molecule has 7 heteroatoms. The highest BCUT2D eigenvalue weighted by molar-refractivity contribution is 5.51. The minimum Gasteiger partial charge on any atom is -0.486 e. The van der Waals surface area contributed by atoms with Crippen molar-refractivity contribution in [3.8, 4) is 23.0 Å². The lowest BCUT2D eigenvalue weighted by molar-refractivity contribution is -0.281. The smallest absolute Gasteiger partial charge is 0.468 e. The molecular formula is C18H15F3O4. The van der Waals surface area contributed by atoms with Crippen LogP contribution in [0, 0.1) is 0 Å². The summed E-state index contributed by atoms with van der Waals surface area (Å²) >= 11 is 0. The topological polar surface area (TPSA) is 36.9 Å². The Morgan fingerprint density at radius 2 is 1.92 bits per heavy atom. The second-order valence-electron chi connectivity index (χ2n) is 6.04. The third-order valence-corrected chi connectivity index (χ3v) is 4.00. The number of rotatable bonds is 2. The molecule has 4 rings (SSSR count). The van der Waals surface area contributed by atoms with Gasteiger partial charge in [-0.25, -0.2) is 0 Å². The van der Waals surface area contributed by atoms with Gasteiger partial charge in [0.25, 0.3) is 0 Å². The molecule has 0 aliphatic carbocycles. The van der Waals surface area contributed by atoms with Crippen molar-refractivity contribution in [2.45, 2.75) is 31.9 Å². The van der Waals surface area contributed by atoms with Crippen LogP contribution in [0.2, 0.25) is 0 Å². The van der Waals surface area contributed by atoms with E-state index >= 15 is 0 Å². The van der Waals surface area contributed by atoms with Crippen LogP contribution in [-0.2, 0) is 6.42 Å². The lowest BCUT2D eigenvalue weighted by Crippen LogP contribution is -2.43. The monoisotopic (exact) mass is 352 g/mol. The van der Waals surface area contributed by atoms with Gasteiger partial charge >= 0.3 is 12.5 Å². The summed E-state index contributed by atoms with van der Waals surface area (Å²) in [6, 6.07) is 10.0. The summed E-state index contributed by atoms with van der Waals surface area (Å²) in [5.74, 6) is 1.08. The number of ether oxygens (including phenoxy) is 4. The van der Waals surface area contributed by atoms with Crippen molar-refractivity contribution < 1.29 is 32.1 Å². The lowest BCUT2D eigenvalue weighted by Gasteiger charge is -2.29. The van der Waals surface area contributed by atoms with Crippen LogP contribution < -0.4 is 18.9 Å². The van der Waals surface area contributed by atoms with Gasteiger partial charge in [-0.1, -0.05) is 18.2 Å². The van der Waals surface area contributed by atoms with Crippen molar-refractivity contribution in [3.05, 3.63) is 47.5 Å². The molecule has 0 saturated carbocycles. The number of halogens is 3. The van der Waals surface area contributed by atoms with Gasteiger partial charge < -0.3 is 18.9 Å². The Labute approximate surface area is 142 Å². The van der Waals surface area contributed by atoms with E-state index in [1.165, 1.54) is 12.1 Å². The first-order chi connectivity index (χ1) is 11.9. The number of fused-ring (bicyclic) bond motifs is 2. The molecule has 2 aliphatic rings. The molecule has 25 heavy (non-hydrogen) atoms. The summed E-state index contributed by atoms with van der Waals surface area (Å²) < 4.78 is 60.2. The fourth-order valence-electron chi connectivity index (χ4n) is 2.82. The van der Waals surface area contributed by atoms with E-state index in [-0.39, 0.29) is 17.6 Å². The molecule has 2 aromatic carbocycles. The molecule has 132 valence electrons. The summed E-state index contributed by atoms with van der Waals surface area (Å²) in [6.45, 7) is 2.39. The van der Waals surface area contributed by atoms with Crippen molar-refractivity contribution in [3.63, 3.8) is 0 Å². The maximum atomic E-state index is 13.3. The van der Waals surface area contributed by atoms with Gasteiger partial charge in [0.15, 0.2) is 23.0 Å². The predicted octanol–water partition coefficient (Wildman–Crippen LogP) is 4.10. The van der Waals surface area contributed by atoms with Crippen molar-refractivity contribution in [2.75, 3.05) is 6.61 Å². The van der Waals surface area contributed by atoms with Gasteiger partial charge in [-0.3, -0.25) is 0 Å². The Hall–Kier alpha value is -2.57. The molecule has 2 aromatic rings. The molecule has 0 bridgehead atoms. The molecule has 2 aliphatic heterocycles. The number of alkyl halides is 3. The molecule has 0 N–H and O–H groups in total. The zero-order valence-electron chi connectivity index (χ0n) is 13.3. The number of para-hydroxylation sites is 1. The summed E-state index contributed by atoms with van der Waals surface area (Å²) in [6.07, 6.45) is -6.45. The molecule has 0 spiro atoms. The second-order valence-corrected chi connectivity index (χ2v) is 6.04. The van der Waals surface area contributed by atoms with Gasteiger partial charge in [-0.05, 0) is 30.7 Å². The molecule has 0 fully saturated rings. The first kappa shape index (κ1) is 15.9. The van der Waals surface area contributed by atoms with Crippen LogP contribution in [0.1, 0.15) is 18.1 Å². The predicted molar refractivity (Wildman–Crippen MR) is 82.4 cm³/mol. The standard InChI is InChI=1S/C18H15F3O4/c1-10-9-22-14-4-2-3-12(16(14)23-10)7-11-5-6-13-15(8-11)24-17(19)18(20,21)25-13/h2-6,8,10,17H,7,9H2,1H3. The number of hydrogen-bond acceptors (Lipinski definition) is 4. The molecule has 0 aromatic heterocycles. The van der Waals surface area contributed by atoms with Gasteiger partial charge in [0.2, 0.25) is 0 Å². The molecule has 2 heterocycles. The van der Waals surface area contributed by atoms with Gasteiger partial charge in [-0.15, -0.1) is 0 Å². The van der Waals surface area contributed by atoms with E-state index in [2.05, 4.69) is 9.47 Å². The van der Waals surface area contributed by atoms with E-state index in [1.54, 1.807) is 6.07 Å². The lowest BCUT2D eigenvalue weighted by atomic mass is 10.0. The minimum absolute atomic E-state index is 0.0498. The maximum absolute atomic E-state index is 13.3. The van der Waals surface area contributed by atoms with Crippen LogP contribution in [0.5, 0.6) is 23.0 Å². The average molecular weight is 352 g/mol. The Kier molecular flexibility index (Phi) is 3.67. The Balaban J connectivity index is 1.62. The molecular weight excluding hydrogens is 337 g/mol. The SMILES string of the molecule is CC1COc2cccc(Cc3ccc4c(c3)OC(F)C(F)(F)O4)c2O1. The van der Waals surface area contributed by atoms with Crippen molar-refractivity contribution in [1.29, 1.82) is 0 Å². The summed E-state index contributed by atoms with van der Waals surface area (Å²) in [7, 11) is 0. The van der Waals surface area contributed by atoms with Gasteiger partial charge in [0.05, 0.1) is 0 Å². The van der Waals surface area contributed by atoms with Gasteiger partial charge in [0.1, 0.15) is 12.7 Å². The largest absolute Gasteiger partial charge is 0.486 e. The fourth-order valence-corrected chi connectivity index (χ4v) is 2.82. The third kappa shape index (κ3) is 2.94. The molecule has 4 nitrogen and oxygen atoms in total. The van der Waals surface area contributed by atoms with E-state index in [0.717, 1.165) is 11.1 Å². The van der Waals surface area contributed by atoms with Crippen molar-refractivity contribution in [2.24, 2.45) is 0 Å². The first-order valence-electron chi connectivity index (χ1n) is 7.84.